The Hall–Kier alpha value is -2.14. The van der Waals surface area contributed by atoms with Crippen LogP contribution in [0.5, 0.6) is 0 Å². The summed E-state index contributed by atoms with van der Waals surface area (Å²) < 4.78 is 0. The van der Waals surface area contributed by atoms with E-state index >= 15 is 0 Å². The maximum Gasteiger partial charge on any atom is 0.312 e. The predicted molar refractivity (Wildman–Crippen MR) is 75.8 cm³/mol. The maximum atomic E-state index is 10.5. The number of urea groups is 1. The Bertz CT molecular complexity index is 583. The van der Waals surface area contributed by atoms with E-state index in [1.165, 1.54) is 5.56 Å². The first-order valence-electron chi connectivity index (χ1n) is 6.26. The van der Waals surface area contributed by atoms with Crippen LogP contribution in [0, 0.1) is 6.92 Å². The third kappa shape index (κ3) is 3.66. The Morgan fingerprint density at radius 3 is 2.89 bits per heavy atom. The average molecular weight is 258 g/mol. The highest BCUT2D eigenvalue weighted by Gasteiger charge is 2.03. The number of aryl methyl sites for hydroxylation is 1. The van der Waals surface area contributed by atoms with Gasteiger partial charge in [-0.15, -0.1) is 0 Å². The summed E-state index contributed by atoms with van der Waals surface area (Å²) >= 11 is 0. The third-order valence-corrected chi connectivity index (χ3v) is 2.85. The number of carbonyl (C=O) groups is 1. The van der Waals surface area contributed by atoms with Crippen LogP contribution in [0.25, 0.3) is 10.9 Å². The minimum absolute atomic E-state index is 0.494. The zero-order valence-corrected chi connectivity index (χ0v) is 10.9. The second kappa shape index (κ2) is 6.15. The van der Waals surface area contributed by atoms with Crippen molar-refractivity contribution in [3.8, 4) is 0 Å². The van der Waals surface area contributed by atoms with Crippen molar-refractivity contribution in [2.45, 2.75) is 13.5 Å². The van der Waals surface area contributed by atoms with Gasteiger partial charge in [-0.3, -0.25) is 4.98 Å². The summed E-state index contributed by atoms with van der Waals surface area (Å²) in [5.74, 6) is 0. The molecule has 0 spiro atoms. The summed E-state index contributed by atoms with van der Waals surface area (Å²) in [6.07, 6.45) is 0. The topological polar surface area (TPSA) is 80.0 Å². The molecule has 19 heavy (non-hydrogen) atoms. The van der Waals surface area contributed by atoms with E-state index in [2.05, 4.69) is 27.8 Å². The minimum Gasteiger partial charge on any atom is -0.352 e. The molecule has 2 rings (SSSR count). The van der Waals surface area contributed by atoms with Gasteiger partial charge in [0.15, 0.2) is 0 Å². The highest BCUT2D eigenvalue weighted by atomic mass is 16.2. The van der Waals surface area contributed by atoms with Crippen LogP contribution in [0.3, 0.4) is 0 Å². The summed E-state index contributed by atoms with van der Waals surface area (Å²) in [7, 11) is 0. The lowest BCUT2D eigenvalue weighted by atomic mass is 10.1. The van der Waals surface area contributed by atoms with Crippen LogP contribution in [0.4, 0.5) is 4.79 Å². The Labute approximate surface area is 112 Å². The van der Waals surface area contributed by atoms with E-state index in [-0.39, 0.29) is 0 Å². The second-order valence-electron chi connectivity index (χ2n) is 4.41. The Kier molecular flexibility index (Phi) is 4.30. The molecule has 2 aromatic rings. The molecule has 1 aromatic carbocycles. The minimum atomic E-state index is -0.494. The number of carbonyl (C=O) groups excluding carboxylic acids is 1. The molecule has 5 heteroatoms. The predicted octanol–water partition coefficient (Wildman–Crippen LogP) is 1.30. The molecule has 0 saturated heterocycles. The number of rotatable bonds is 5. The van der Waals surface area contributed by atoms with Gasteiger partial charge >= 0.3 is 6.03 Å². The number of amides is 2. The van der Waals surface area contributed by atoms with Gasteiger partial charge in [0.1, 0.15) is 0 Å². The molecule has 5 nitrogen and oxygen atoms in total. The first-order chi connectivity index (χ1) is 9.16. The summed E-state index contributed by atoms with van der Waals surface area (Å²) in [6, 6.07) is 9.67. The molecule has 1 heterocycles. The normalized spacial score (nSPS) is 10.6. The smallest absolute Gasteiger partial charge is 0.312 e. The van der Waals surface area contributed by atoms with Crippen molar-refractivity contribution in [3.63, 3.8) is 0 Å². The number of pyridine rings is 1. The van der Waals surface area contributed by atoms with Gasteiger partial charge in [0.2, 0.25) is 0 Å². The molecule has 0 radical (unpaired) electrons. The largest absolute Gasteiger partial charge is 0.352 e. The molecule has 0 fully saturated rings. The van der Waals surface area contributed by atoms with E-state index in [1.54, 1.807) is 0 Å². The number of nitrogens with zero attached hydrogens (tertiary/aromatic N) is 1. The van der Waals surface area contributed by atoms with Gasteiger partial charge in [-0.25, -0.2) is 4.79 Å². The van der Waals surface area contributed by atoms with Crippen molar-refractivity contribution in [1.82, 2.24) is 15.6 Å². The lowest BCUT2D eigenvalue weighted by Gasteiger charge is -2.09. The fourth-order valence-electron chi connectivity index (χ4n) is 2.04. The molecular formula is C14H18N4O. The fourth-order valence-corrected chi connectivity index (χ4v) is 2.04. The average Bonchev–Trinajstić information content (AvgIpc) is 2.37. The Morgan fingerprint density at radius 1 is 1.32 bits per heavy atom. The molecule has 0 aliphatic carbocycles. The summed E-state index contributed by atoms with van der Waals surface area (Å²) in [6.45, 7) is 3.94. The quantitative estimate of drug-likeness (QED) is 0.707. The number of primary amides is 1. The van der Waals surface area contributed by atoms with Crippen molar-refractivity contribution in [2.75, 3.05) is 13.1 Å². The van der Waals surface area contributed by atoms with E-state index in [9.17, 15) is 4.79 Å². The van der Waals surface area contributed by atoms with Crippen molar-refractivity contribution < 1.29 is 4.79 Å². The first-order valence-corrected chi connectivity index (χ1v) is 6.26. The van der Waals surface area contributed by atoms with Crippen LogP contribution in [0.1, 0.15) is 11.3 Å². The number of nitrogens with one attached hydrogen (secondary N) is 2. The van der Waals surface area contributed by atoms with Crippen LogP contribution >= 0.6 is 0 Å². The number of aromatic nitrogens is 1. The highest BCUT2D eigenvalue weighted by molar-refractivity contribution is 5.82. The van der Waals surface area contributed by atoms with Gasteiger partial charge in [0.05, 0.1) is 5.52 Å². The molecule has 0 bridgehead atoms. The highest BCUT2D eigenvalue weighted by Crippen LogP contribution is 2.17. The van der Waals surface area contributed by atoms with Gasteiger partial charge in [0.25, 0.3) is 0 Å². The summed E-state index contributed by atoms with van der Waals surface area (Å²) in [5, 5.41) is 6.98. The maximum absolute atomic E-state index is 10.5. The molecule has 1 aromatic heterocycles. The molecule has 0 unspecified atom stereocenters. The van der Waals surface area contributed by atoms with Crippen molar-refractivity contribution in [2.24, 2.45) is 5.73 Å². The third-order valence-electron chi connectivity index (χ3n) is 2.85. The van der Waals surface area contributed by atoms with Crippen molar-refractivity contribution in [1.29, 1.82) is 0 Å². The van der Waals surface area contributed by atoms with E-state index in [1.807, 2.05) is 25.1 Å². The zero-order valence-electron chi connectivity index (χ0n) is 10.9. The zero-order chi connectivity index (χ0) is 13.7. The van der Waals surface area contributed by atoms with E-state index < -0.39 is 6.03 Å². The van der Waals surface area contributed by atoms with Gasteiger partial charge < -0.3 is 16.4 Å². The van der Waals surface area contributed by atoms with Crippen LogP contribution in [-0.4, -0.2) is 24.1 Å². The molecule has 4 N–H and O–H groups in total. The van der Waals surface area contributed by atoms with Gasteiger partial charge in [-0.2, -0.15) is 0 Å². The number of hydrogen-bond donors (Lipinski definition) is 3. The van der Waals surface area contributed by atoms with E-state index in [0.29, 0.717) is 13.1 Å². The molecular weight excluding hydrogens is 240 g/mol. The Balaban J connectivity index is 2.02. The van der Waals surface area contributed by atoms with E-state index in [0.717, 1.165) is 23.1 Å². The Morgan fingerprint density at radius 2 is 2.11 bits per heavy atom. The standard InChI is InChI=1S/C14H18N4O/c1-10-8-11(9-16-6-7-17-14(15)19)12-4-2-3-5-13(12)18-10/h2-5,8,16H,6-7,9H2,1H3,(H3,15,17,19). The van der Waals surface area contributed by atoms with Gasteiger partial charge in [0, 0.05) is 30.7 Å². The van der Waals surface area contributed by atoms with Crippen LogP contribution in [0.15, 0.2) is 30.3 Å². The number of fused-ring (bicyclic) bond motifs is 1. The number of hydrogen-bond acceptors (Lipinski definition) is 3. The van der Waals surface area contributed by atoms with Crippen LogP contribution in [0.2, 0.25) is 0 Å². The molecule has 0 aliphatic heterocycles. The van der Waals surface area contributed by atoms with Crippen LogP contribution in [-0.2, 0) is 6.54 Å². The number of benzene rings is 1. The van der Waals surface area contributed by atoms with Gasteiger partial charge in [-0.05, 0) is 24.6 Å². The lowest BCUT2D eigenvalue weighted by Crippen LogP contribution is -2.35. The molecule has 100 valence electrons. The lowest BCUT2D eigenvalue weighted by molar-refractivity contribution is 0.249. The van der Waals surface area contributed by atoms with E-state index in [4.69, 9.17) is 5.73 Å². The number of para-hydroxylation sites is 1. The van der Waals surface area contributed by atoms with Gasteiger partial charge in [-0.1, -0.05) is 18.2 Å². The molecule has 0 aliphatic rings. The monoisotopic (exact) mass is 258 g/mol. The number of nitrogens with two attached hydrogens (primary N) is 1. The molecule has 2 amide bonds. The fraction of sp³-hybridized carbons (Fsp3) is 0.286. The van der Waals surface area contributed by atoms with Crippen molar-refractivity contribution >= 4 is 16.9 Å². The molecule has 0 saturated carbocycles. The SMILES string of the molecule is Cc1cc(CNCCNC(N)=O)c2ccccc2n1. The summed E-state index contributed by atoms with van der Waals surface area (Å²) in [4.78, 5) is 15.0. The molecule has 0 atom stereocenters. The first kappa shape index (κ1) is 13.3. The van der Waals surface area contributed by atoms with Crippen LogP contribution < -0.4 is 16.4 Å². The summed E-state index contributed by atoms with van der Waals surface area (Å²) in [5.41, 5.74) is 8.22. The van der Waals surface area contributed by atoms with Crippen molar-refractivity contribution in [3.05, 3.63) is 41.6 Å². The second-order valence-corrected chi connectivity index (χ2v) is 4.41.